The van der Waals surface area contributed by atoms with E-state index in [1.54, 1.807) is 11.8 Å². The number of rotatable bonds is 10. The summed E-state index contributed by atoms with van der Waals surface area (Å²) in [6.07, 6.45) is 1.06. The second-order valence-electron chi connectivity index (χ2n) is 8.38. The average Bonchev–Trinajstić information content (AvgIpc) is 2.88. The van der Waals surface area contributed by atoms with Crippen LogP contribution in [0.5, 0.6) is 11.5 Å². The summed E-state index contributed by atoms with van der Waals surface area (Å²) in [4.78, 5) is 1.22. The highest BCUT2D eigenvalue weighted by Gasteiger charge is 2.18. The van der Waals surface area contributed by atoms with E-state index in [1.807, 2.05) is 104 Å². The summed E-state index contributed by atoms with van der Waals surface area (Å²) in [7, 11) is 0. The Bertz CT molecular complexity index is 1240. The lowest BCUT2D eigenvalue weighted by Gasteiger charge is -2.20. The normalized spacial score (nSPS) is 12.7. The van der Waals surface area contributed by atoms with E-state index in [0.717, 1.165) is 34.6 Å². The summed E-state index contributed by atoms with van der Waals surface area (Å²) in [5.74, 6) is 2.23. The largest absolute Gasteiger partial charge is 0.457 e. The van der Waals surface area contributed by atoms with Crippen LogP contribution in [-0.4, -0.2) is 5.75 Å². The third-order valence-electron chi connectivity index (χ3n) is 5.88. The van der Waals surface area contributed by atoms with E-state index in [2.05, 4.69) is 12.1 Å². The van der Waals surface area contributed by atoms with Gasteiger partial charge in [-0.1, -0.05) is 72.3 Å². The molecule has 0 radical (unpaired) electrons. The Balaban J connectivity index is 1.51. The second-order valence-corrected chi connectivity index (χ2v) is 9.99. The Kier molecular flexibility index (Phi) is 9.05. The molecule has 0 fully saturated rings. The minimum Gasteiger partial charge on any atom is -0.457 e. The molecular weight excluding hydrogens is 475 g/mol. The standard InChI is InChI=1S/C31H28ClFOS/c1-23(31(33)22-24-9-8-12-28(21-24)34-27-10-4-2-5-11-27)30(25-15-17-26(32)18-16-25)19-20-35-29-13-6-3-7-14-29/h2-18,21,30H,19-20,22H2,1H3/b31-23-. The number of para-hydroxylation sites is 1. The van der Waals surface area contributed by atoms with Crippen LogP contribution in [0.1, 0.15) is 30.4 Å². The molecule has 4 heteroatoms. The maximum atomic E-state index is 15.6. The number of hydrogen-bond donors (Lipinski definition) is 0. The van der Waals surface area contributed by atoms with E-state index in [4.69, 9.17) is 16.3 Å². The molecule has 0 spiro atoms. The predicted molar refractivity (Wildman–Crippen MR) is 146 cm³/mol. The van der Waals surface area contributed by atoms with Crippen LogP contribution < -0.4 is 4.74 Å². The molecule has 0 aromatic heterocycles. The predicted octanol–water partition coefficient (Wildman–Crippen LogP) is 9.88. The van der Waals surface area contributed by atoms with Crippen LogP contribution in [0.4, 0.5) is 4.39 Å². The van der Waals surface area contributed by atoms with Crippen LogP contribution in [0.2, 0.25) is 5.02 Å². The van der Waals surface area contributed by atoms with Crippen molar-refractivity contribution >= 4 is 23.4 Å². The molecule has 0 amide bonds. The lowest BCUT2D eigenvalue weighted by Crippen LogP contribution is -2.05. The number of hydrogen-bond acceptors (Lipinski definition) is 2. The van der Waals surface area contributed by atoms with Crippen molar-refractivity contribution in [3.05, 3.63) is 137 Å². The summed E-state index contributed by atoms with van der Waals surface area (Å²) in [6, 6.07) is 35.3. The zero-order chi connectivity index (χ0) is 24.5. The molecule has 0 bridgehead atoms. The summed E-state index contributed by atoms with van der Waals surface area (Å²) in [5, 5.41) is 0.684. The maximum Gasteiger partial charge on any atom is 0.127 e. The van der Waals surface area contributed by atoms with Gasteiger partial charge in [0, 0.05) is 22.3 Å². The summed E-state index contributed by atoms with van der Waals surface area (Å²) >= 11 is 7.92. The van der Waals surface area contributed by atoms with Gasteiger partial charge < -0.3 is 4.74 Å². The molecule has 1 unspecified atom stereocenters. The molecule has 4 rings (SSSR count). The molecule has 1 nitrogen and oxygen atoms in total. The van der Waals surface area contributed by atoms with Gasteiger partial charge in [0.05, 0.1) is 0 Å². The van der Waals surface area contributed by atoms with Gasteiger partial charge in [0.2, 0.25) is 0 Å². The third-order valence-corrected chi connectivity index (χ3v) is 7.18. The van der Waals surface area contributed by atoms with Crippen molar-refractivity contribution < 1.29 is 9.13 Å². The van der Waals surface area contributed by atoms with Crippen LogP contribution in [-0.2, 0) is 6.42 Å². The molecule has 0 aliphatic rings. The average molecular weight is 503 g/mol. The van der Waals surface area contributed by atoms with Crippen molar-refractivity contribution in [1.82, 2.24) is 0 Å². The SMILES string of the molecule is C/C(=C(/F)Cc1cccc(Oc2ccccc2)c1)C(CCSc1ccccc1)c1ccc(Cl)cc1. The molecule has 1 atom stereocenters. The molecule has 0 saturated carbocycles. The Hall–Kier alpha value is -3.01. The van der Waals surface area contributed by atoms with Gasteiger partial charge in [-0.3, -0.25) is 0 Å². The first-order valence-corrected chi connectivity index (χ1v) is 13.0. The first kappa shape index (κ1) is 25.1. The maximum absolute atomic E-state index is 15.6. The van der Waals surface area contributed by atoms with Crippen LogP contribution in [0.15, 0.2) is 125 Å². The van der Waals surface area contributed by atoms with Crippen molar-refractivity contribution in [1.29, 1.82) is 0 Å². The number of benzene rings is 4. The molecule has 0 saturated heterocycles. The van der Waals surface area contributed by atoms with Gasteiger partial charge in [-0.05, 0) is 84.3 Å². The van der Waals surface area contributed by atoms with Crippen molar-refractivity contribution in [2.75, 3.05) is 5.75 Å². The van der Waals surface area contributed by atoms with Gasteiger partial charge in [0.15, 0.2) is 0 Å². The molecule has 0 heterocycles. The first-order chi connectivity index (χ1) is 17.1. The second kappa shape index (κ2) is 12.6. The Morgan fingerprint density at radius 2 is 1.49 bits per heavy atom. The zero-order valence-electron chi connectivity index (χ0n) is 19.7. The number of thioether (sulfide) groups is 1. The number of halogens is 2. The molecule has 0 N–H and O–H groups in total. The highest BCUT2D eigenvalue weighted by Crippen LogP contribution is 2.34. The number of allylic oxidation sites excluding steroid dienone is 2. The van der Waals surface area contributed by atoms with E-state index in [9.17, 15) is 0 Å². The monoisotopic (exact) mass is 502 g/mol. The molecule has 4 aromatic rings. The van der Waals surface area contributed by atoms with Gasteiger partial charge in [-0.15, -0.1) is 11.8 Å². The molecule has 4 aromatic carbocycles. The minimum atomic E-state index is -0.105. The third kappa shape index (κ3) is 7.48. The van der Waals surface area contributed by atoms with Gasteiger partial charge in [0.25, 0.3) is 0 Å². The Morgan fingerprint density at radius 3 is 2.20 bits per heavy atom. The fraction of sp³-hybridized carbons (Fsp3) is 0.161. The lowest BCUT2D eigenvalue weighted by molar-refractivity contribution is 0.481. The summed E-state index contributed by atoms with van der Waals surface area (Å²) in [5.41, 5.74) is 2.72. The lowest BCUT2D eigenvalue weighted by atomic mass is 9.88. The molecule has 35 heavy (non-hydrogen) atoms. The minimum absolute atomic E-state index is 0.0211. The Morgan fingerprint density at radius 1 is 0.829 bits per heavy atom. The van der Waals surface area contributed by atoms with E-state index in [-0.39, 0.29) is 18.2 Å². The number of ether oxygens (including phenoxy) is 1. The van der Waals surface area contributed by atoms with Crippen LogP contribution in [0, 0.1) is 0 Å². The van der Waals surface area contributed by atoms with Crippen LogP contribution in [0.3, 0.4) is 0 Å². The zero-order valence-corrected chi connectivity index (χ0v) is 21.2. The smallest absolute Gasteiger partial charge is 0.127 e. The van der Waals surface area contributed by atoms with E-state index >= 15 is 4.39 Å². The molecular formula is C31H28ClFOS. The highest BCUT2D eigenvalue weighted by atomic mass is 35.5. The first-order valence-electron chi connectivity index (χ1n) is 11.7. The fourth-order valence-corrected chi connectivity index (χ4v) is 5.06. The quantitative estimate of drug-likeness (QED) is 0.199. The van der Waals surface area contributed by atoms with Crippen molar-refractivity contribution in [2.24, 2.45) is 0 Å². The van der Waals surface area contributed by atoms with Gasteiger partial charge in [-0.25, -0.2) is 4.39 Å². The van der Waals surface area contributed by atoms with E-state index in [0.29, 0.717) is 10.8 Å². The topological polar surface area (TPSA) is 9.23 Å². The van der Waals surface area contributed by atoms with Crippen molar-refractivity contribution in [3.8, 4) is 11.5 Å². The van der Waals surface area contributed by atoms with Gasteiger partial charge >= 0.3 is 0 Å². The van der Waals surface area contributed by atoms with Gasteiger partial charge in [0.1, 0.15) is 17.3 Å². The van der Waals surface area contributed by atoms with Crippen molar-refractivity contribution in [2.45, 2.75) is 30.6 Å². The fourth-order valence-electron chi connectivity index (χ4n) is 3.99. The Labute approximate surface area is 216 Å². The van der Waals surface area contributed by atoms with E-state index < -0.39 is 0 Å². The summed E-state index contributed by atoms with van der Waals surface area (Å²) < 4.78 is 21.5. The summed E-state index contributed by atoms with van der Waals surface area (Å²) in [6.45, 7) is 1.91. The highest BCUT2D eigenvalue weighted by molar-refractivity contribution is 7.99. The van der Waals surface area contributed by atoms with Crippen LogP contribution in [0.25, 0.3) is 0 Å². The van der Waals surface area contributed by atoms with Gasteiger partial charge in [-0.2, -0.15) is 0 Å². The van der Waals surface area contributed by atoms with E-state index in [1.165, 1.54) is 4.90 Å². The molecule has 0 aliphatic carbocycles. The van der Waals surface area contributed by atoms with Crippen LogP contribution >= 0.6 is 23.4 Å². The molecule has 178 valence electrons. The molecule has 0 aliphatic heterocycles. The van der Waals surface area contributed by atoms with Crippen molar-refractivity contribution in [3.63, 3.8) is 0 Å².